The van der Waals surface area contributed by atoms with Crippen LogP contribution < -0.4 is 10.6 Å². The number of aromatic hydroxyl groups is 1. The summed E-state index contributed by atoms with van der Waals surface area (Å²) >= 11 is 0. The number of aromatic nitrogens is 2. The lowest BCUT2D eigenvalue weighted by atomic mass is 10.1. The van der Waals surface area contributed by atoms with Gasteiger partial charge in [-0.2, -0.15) is 0 Å². The lowest BCUT2D eigenvalue weighted by molar-refractivity contribution is 0.475. The molecule has 5 heteroatoms. The molecule has 106 valence electrons. The lowest BCUT2D eigenvalue weighted by Gasteiger charge is -2.12. The average Bonchev–Trinajstić information content (AvgIpc) is 2.44. The molecule has 0 atom stereocenters. The van der Waals surface area contributed by atoms with Crippen LogP contribution in [0.5, 0.6) is 5.75 Å². The molecule has 3 N–H and O–H groups in total. The molecule has 0 aliphatic carbocycles. The predicted octanol–water partition coefficient (Wildman–Crippen LogP) is 2.50. The average molecular weight is 272 g/mol. The van der Waals surface area contributed by atoms with Crippen molar-refractivity contribution in [3.8, 4) is 5.75 Å². The van der Waals surface area contributed by atoms with Crippen LogP contribution >= 0.6 is 0 Å². The molecular formula is C15H20N4O. The van der Waals surface area contributed by atoms with Gasteiger partial charge in [-0.25, -0.2) is 9.97 Å². The van der Waals surface area contributed by atoms with Crippen molar-refractivity contribution in [2.75, 3.05) is 24.2 Å². The minimum absolute atomic E-state index is 0.294. The molecule has 0 fully saturated rings. The van der Waals surface area contributed by atoms with Gasteiger partial charge in [0.15, 0.2) is 0 Å². The molecule has 2 rings (SSSR count). The molecule has 2 aromatic rings. The first-order valence-electron chi connectivity index (χ1n) is 6.65. The number of anilines is 2. The van der Waals surface area contributed by atoms with E-state index in [1.807, 2.05) is 33.0 Å². The Bertz CT molecular complexity index is 581. The van der Waals surface area contributed by atoms with Gasteiger partial charge in [-0.3, -0.25) is 0 Å². The van der Waals surface area contributed by atoms with Crippen LogP contribution in [0.2, 0.25) is 0 Å². The highest BCUT2D eigenvalue weighted by molar-refractivity contribution is 5.56. The van der Waals surface area contributed by atoms with Crippen LogP contribution in [0.3, 0.4) is 0 Å². The number of phenolic OH excluding ortho intramolecular Hbond substituents is 1. The Balaban J connectivity index is 2.00. The van der Waals surface area contributed by atoms with Crippen LogP contribution in [-0.4, -0.2) is 28.7 Å². The monoisotopic (exact) mass is 272 g/mol. The number of rotatable bonds is 5. The van der Waals surface area contributed by atoms with E-state index in [-0.39, 0.29) is 0 Å². The van der Waals surface area contributed by atoms with E-state index in [2.05, 4.69) is 20.6 Å². The van der Waals surface area contributed by atoms with E-state index in [9.17, 15) is 5.11 Å². The Hall–Kier alpha value is -2.30. The summed E-state index contributed by atoms with van der Waals surface area (Å²) in [6, 6.07) is 7.26. The quantitative estimate of drug-likeness (QED) is 0.780. The number of hydrogen-bond acceptors (Lipinski definition) is 5. The first-order valence-corrected chi connectivity index (χ1v) is 6.65. The fourth-order valence-electron chi connectivity index (χ4n) is 2.03. The number of nitrogens with zero attached hydrogens (tertiary/aromatic N) is 2. The van der Waals surface area contributed by atoms with Crippen LogP contribution in [0.4, 0.5) is 11.6 Å². The molecule has 0 aliphatic heterocycles. The van der Waals surface area contributed by atoms with E-state index in [0.29, 0.717) is 5.75 Å². The standard InChI is InChI=1S/C15H20N4O/c1-10-14(16-3)18-11(2)19-15(10)17-9-8-12-4-6-13(20)7-5-12/h4-7,20H,8-9H2,1-3H3,(H2,16,17,18,19). The van der Waals surface area contributed by atoms with Gasteiger partial charge in [0.2, 0.25) is 0 Å². The highest BCUT2D eigenvalue weighted by atomic mass is 16.3. The van der Waals surface area contributed by atoms with Crippen LogP contribution in [0.25, 0.3) is 0 Å². The molecular weight excluding hydrogens is 252 g/mol. The molecule has 0 saturated heterocycles. The second-order valence-electron chi connectivity index (χ2n) is 4.69. The summed E-state index contributed by atoms with van der Waals surface area (Å²) in [7, 11) is 1.86. The number of phenols is 1. The smallest absolute Gasteiger partial charge is 0.134 e. The van der Waals surface area contributed by atoms with Crippen molar-refractivity contribution >= 4 is 11.6 Å². The van der Waals surface area contributed by atoms with E-state index >= 15 is 0 Å². The van der Waals surface area contributed by atoms with Crippen molar-refractivity contribution in [1.29, 1.82) is 0 Å². The number of benzene rings is 1. The second-order valence-corrected chi connectivity index (χ2v) is 4.69. The summed E-state index contributed by atoms with van der Waals surface area (Å²) in [4.78, 5) is 8.76. The molecule has 0 aliphatic rings. The van der Waals surface area contributed by atoms with Crippen LogP contribution in [0, 0.1) is 13.8 Å². The zero-order valence-corrected chi connectivity index (χ0v) is 12.1. The van der Waals surface area contributed by atoms with E-state index in [4.69, 9.17) is 0 Å². The number of aryl methyl sites for hydroxylation is 1. The van der Waals surface area contributed by atoms with Crippen molar-refractivity contribution in [1.82, 2.24) is 9.97 Å². The highest BCUT2D eigenvalue weighted by Crippen LogP contribution is 2.19. The molecule has 0 saturated carbocycles. The molecule has 1 heterocycles. The Labute approximate surface area is 119 Å². The molecule has 0 unspecified atom stereocenters. The molecule has 20 heavy (non-hydrogen) atoms. The zero-order chi connectivity index (χ0) is 14.5. The minimum atomic E-state index is 0.294. The largest absolute Gasteiger partial charge is 0.508 e. The summed E-state index contributed by atoms with van der Waals surface area (Å²) in [6.07, 6.45) is 0.873. The molecule has 0 bridgehead atoms. The summed E-state index contributed by atoms with van der Waals surface area (Å²) in [6.45, 7) is 4.66. The SMILES string of the molecule is CNc1nc(C)nc(NCCc2ccc(O)cc2)c1C. The van der Waals surface area contributed by atoms with E-state index in [0.717, 1.165) is 36.0 Å². The fraction of sp³-hybridized carbons (Fsp3) is 0.333. The molecule has 0 amide bonds. The summed E-state index contributed by atoms with van der Waals surface area (Å²) in [5, 5.41) is 15.7. The minimum Gasteiger partial charge on any atom is -0.508 e. The Morgan fingerprint density at radius 1 is 1.05 bits per heavy atom. The van der Waals surface area contributed by atoms with Crippen molar-refractivity contribution in [2.24, 2.45) is 0 Å². The van der Waals surface area contributed by atoms with Gasteiger partial charge in [0.1, 0.15) is 23.2 Å². The van der Waals surface area contributed by atoms with E-state index in [1.54, 1.807) is 12.1 Å². The van der Waals surface area contributed by atoms with Crippen molar-refractivity contribution in [3.63, 3.8) is 0 Å². The molecule has 1 aromatic carbocycles. The molecule has 0 spiro atoms. The van der Waals surface area contributed by atoms with Crippen molar-refractivity contribution in [2.45, 2.75) is 20.3 Å². The molecule has 5 nitrogen and oxygen atoms in total. The van der Waals surface area contributed by atoms with Gasteiger partial charge in [-0.15, -0.1) is 0 Å². The van der Waals surface area contributed by atoms with Crippen LogP contribution in [0.1, 0.15) is 17.0 Å². The van der Waals surface area contributed by atoms with Gasteiger partial charge in [0.05, 0.1) is 0 Å². The van der Waals surface area contributed by atoms with Crippen LogP contribution in [0.15, 0.2) is 24.3 Å². The Morgan fingerprint density at radius 3 is 2.35 bits per heavy atom. The Kier molecular flexibility index (Phi) is 4.40. The Morgan fingerprint density at radius 2 is 1.70 bits per heavy atom. The maximum absolute atomic E-state index is 9.25. The first kappa shape index (κ1) is 14.1. The predicted molar refractivity (Wildman–Crippen MR) is 81.4 cm³/mol. The highest BCUT2D eigenvalue weighted by Gasteiger charge is 2.07. The zero-order valence-electron chi connectivity index (χ0n) is 12.1. The van der Waals surface area contributed by atoms with Gasteiger partial charge >= 0.3 is 0 Å². The van der Waals surface area contributed by atoms with E-state index in [1.165, 1.54) is 5.56 Å². The van der Waals surface area contributed by atoms with Gasteiger partial charge in [0.25, 0.3) is 0 Å². The normalized spacial score (nSPS) is 10.3. The summed E-state index contributed by atoms with van der Waals surface area (Å²) in [5.74, 6) is 2.75. The third-order valence-electron chi connectivity index (χ3n) is 3.14. The fourth-order valence-corrected chi connectivity index (χ4v) is 2.03. The van der Waals surface area contributed by atoms with Crippen LogP contribution in [-0.2, 0) is 6.42 Å². The maximum atomic E-state index is 9.25. The van der Waals surface area contributed by atoms with Gasteiger partial charge < -0.3 is 15.7 Å². The number of nitrogens with one attached hydrogen (secondary N) is 2. The van der Waals surface area contributed by atoms with Gasteiger partial charge in [-0.1, -0.05) is 12.1 Å². The van der Waals surface area contributed by atoms with Crippen molar-refractivity contribution in [3.05, 3.63) is 41.2 Å². The van der Waals surface area contributed by atoms with E-state index < -0.39 is 0 Å². The summed E-state index contributed by atoms with van der Waals surface area (Å²) in [5.41, 5.74) is 2.19. The molecule has 1 aromatic heterocycles. The second kappa shape index (κ2) is 6.23. The lowest BCUT2D eigenvalue weighted by Crippen LogP contribution is -2.11. The number of hydrogen-bond donors (Lipinski definition) is 3. The van der Waals surface area contributed by atoms with Gasteiger partial charge in [-0.05, 0) is 38.0 Å². The third-order valence-corrected chi connectivity index (χ3v) is 3.14. The summed E-state index contributed by atoms with van der Waals surface area (Å²) < 4.78 is 0. The third kappa shape index (κ3) is 3.38. The van der Waals surface area contributed by atoms with Crippen molar-refractivity contribution < 1.29 is 5.11 Å². The first-order chi connectivity index (χ1) is 9.60. The molecule has 0 radical (unpaired) electrons. The van der Waals surface area contributed by atoms with Gasteiger partial charge in [0, 0.05) is 19.2 Å². The maximum Gasteiger partial charge on any atom is 0.134 e. The topological polar surface area (TPSA) is 70.1 Å².